The summed E-state index contributed by atoms with van der Waals surface area (Å²) in [5, 5.41) is 2.92. The first-order valence-electron chi connectivity index (χ1n) is 8.24. The lowest BCUT2D eigenvalue weighted by Gasteiger charge is -2.35. The molecule has 1 aliphatic rings. The third-order valence-electron chi connectivity index (χ3n) is 4.29. The van der Waals surface area contributed by atoms with Crippen molar-refractivity contribution in [3.8, 4) is 0 Å². The number of carbonyl (C=O) groups is 2. The second-order valence-corrected chi connectivity index (χ2v) is 5.96. The van der Waals surface area contributed by atoms with Gasteiger partial charge in [-0.05, 0) is 42.9 Å². The Morgan fingerprint density at radius 1 is 1.32 bits per heavy atom. The number of hydrogen-bond acceptors (Lipinski definition) is 2. The van der Waals surface area contributed by atoms with Gasteiger partial charge in [0.2, 0.25) is 11.8 Å². The first-order valence-corrected chi connectivity index (χ1v) is 8.24. The smallest absolute Gasteiger partial charge is 0.222 e. The van der Waals surface area contributed by atoms with E-state index in [2.05, 4.69) is 18.3 Å². The zero-order chi connectivity index (χ0) is 16.1. The van der Waals surface area contributed by atoms with Gasteiger partial charge < -0.3 is 10.2 Å². The van der Waals surface area contributed by atoms with Gasteiger partial charge in [0.15, 0.2) is 0 Å². The molecule has 0 spiro atoms. The largest absolute Gasteiger partial charge is 0.339 e. The monoisotopic (exact) mass is 302 g/mol. The molecule has 1 unspecified atom stereocenters. The van der Waals surface area contributed by atoms with Crippen LogP contribution in [0.15, 0.2) is 18.2 Å². The van der Waals surface area contributed by atoms with E-state index in [1.165, 1.54) is 18.1 Å². The predicted octanol–water partition coefficient (Wildman–Crippen LogP) is 3.15. The zero-order valence-electron chi connectivity index (χ0n) is 13.8. The minimum atomic E-state index is -0.0377. The van der Waals surface area contributed by atoms with E-state index in [9.17, 15) is 9.59 Å². The Kier molecular flexibility index (Phi) is 5.58. The molecular formula is C18H26N2O2. The van der Waals surface area contributed by atoms with Crippen LogP contribution in [0.4, 0.5) is 5.69 Å². The molecule has 0 bridgehead atoms. The fourth-order valence-electron chi connectivity index (χ4n) is 3.32. The third-order valence-corrected chi connectivity index (χ3v) is 4.29. The molecule has 1 aromatic carbocycles. The summed E-state index contributed by atoms with van der Waals surface area (Å²) >= 11 is 0. The highest BCUT2D eigenvalue weighted by atomic mass is 16.2. The molecule has 4 nitrogen and oxygen atoms in total. The molecule has 0 heterocycles. The van der Waals surface area contributed by atoms with E-state index >= 15 is 0 Å². The molecule has 0 saturated heterocycles. The molecule has 1 N–H and O–H groups in total. The highest BCUT2D eigenvalue weighted by Crippen LogP contribution is 2.30. The lowest BCUT2D eigenvalue weighted by atomic mass is 9.86. The van der Waals surface area contributed by atoms with Crippen LogP contribution in [-0.2, 0) is 22.4 Å². The second kappa shape index (κ2) is 7.43. The molecular weight excluding hydrogens is 276 g/mol. The number of nitrogens with one attached hydrogen (secondary N) is 1. The highest BCUT2D eigenvalue weighted by Gasteiger charge is 2.27. The molecule has 1 aliphatic carbocycles. The van der Waals surface area contributed by atoms with Gasteiger partial charge >= 0.3 is 0 Å². The molecule has 4 heteroatoms. The van der Waals surface area contributed by atoms with Gasteiger partial charge in [0, 0.05) is 31.6 Å². The first kappa shape index (κ1) is 16.5. The maximum Gasteiger partial charge on any atom is 0.222 e. The van der Waals surface area contributed by atoms with E-state index in [1.807, 2.05) is 24.0 Å². The summed E-state index contributed by atoms with van der Waals surface area (Å²) < 4.78 is 0. The van der Waals surface area contributed by atoms with Crippen LogP contribution in [0, 0.1) is 0 Å². The number of anilines is 1. The number of benzene rings is 1. The zero-order valence-corrected chi connectivity index (χ0v) is 13.8. The molecule has 0 fully saturated rings. The minimum Gasteiger partial charge on any atom is -0.339 e. The Bertz CT molecular complexity index is 554. The molecule has 0 radical (unpaired) electrons. The van der Waals surface area contributed by atoms with Gasteiger partial charge in [-0.25, -0.2) is 0 Å². The summed E-state index contributed by atoms with van der Waals surface area (Å²) in [6.45, 7) is 6.41. The molecule has 0 saturated carbocycles. The van der Waals surface area contributed by atoms with E-state index in [4.69, 9.17) is 0 Å². The molecule has 1 aromatic rings. The molecule has 22 heavy (non-hydrogen) atoms. The molecule has 120 valence electrons. The Balaban J connectivity index is 2.20. The SMILES string of the molecule is CCCN(C(=O)CC)C1CCc2c(cccc2NC(C)=O)C1. The van der Waals surface area contributed by atoms with Crippen LogP contribution >= 0.6 is 0 Å². The van der Waals surface area contributed by atoms with Crippen LogP contribution in [0.3, 0.4) is 0 Å². The molecule has 2 rings (SSSR count). The second-order valence-electron chi connectivity index (χ2n) is 5.96. The van der Waals surface area contributed by atoms with Crippen molar-refractivity contribution in [3.63, 3.8) is 0 Å². The van der Waals surface area contributed by atoms with E-state index in [0.717, 1.165) is 37.9 Å². The van der Waals surface area contributed by atoms with E-state index in [1.54, 1.807) is 0 Å². The van der Waals surface area contributed by atoms with Gasteiger partial charge in [-0.2, -0.15) is 0 Å². The van der Waals surface area contributed by atoms with Gasteiger partial charge in [0.1, 0.15) is 0 Å². The van der Waals surface area contributed by atoms with Crippen LogP contribution in [0.1, 0.15) is 51.2 Å². The van der Waals surface area contributed by atoms with Crippen molar-refractivity contribution >= 4 is 17.5 Å². The van der Waals surface area contributed by atoms with Gasteiger partial charge in [-0.1, -0.05) is 26.0 Å². The maximum atomic E-state index is 12.2. The highest BCUT2D eigenvalue weighted by molar-refractivity contribution is 5.89. The fraction of sp³-hybridized carbons (Fsp3) is 0.556. The van der Waals surface area contributed by atoms with Crippen molar-refractivity contribution in [2.45, 2.75) is 58.9 Å². The lowest BCUT2D eigenvalue weighted by molar-refractivity contribution is -0.133. The predicted molar refractivity (Wildman–Crippen MR) is 88.9 cm³/mol. The van der Waals surface area contributed by atoms with E-state index < -0.39 is 0 Å². The Morgan fingerprint density at radius 3 is 2.73 bits per heavy atom. The van der Waals surface area contributed by atoms with Gasteiger partial charge in [-0.3, -0.25) is 9.59 Å². The van der Waals surface area contributed by atoms with Crippen LogP contribution in [0.2, 0.25) is 0 Å². The Hall–Kier alpha value is -1.84. The minimum absolute atomic E-state index is 0.0377. The van der Waals surface area contributed by atoms with Crippen LogP contribution in [0.5, 0.6) is 0 Å². The lowest BCUT2D eigenvalue weighted by Crippen LogP contribution is -2.43. The maximum absolute atomic E-state index is 12.2. The first-order chi connectivity index (χ1) is 10.6. The van der Waals surface area contributed by atoms with Crippen molar-refractivity contribution in [3.05, 3.63) is 29.3 Å². The Labute approximate surface area is 132 Å². The topological polar surface area (TPSA) is 49.4 Å². The number of carbonyl (C=O) groups excluding carboxylic acids is 2. The van der Waals surface area contributed by atoms with Crippen LogP contribution in [0.25, 0.3) is 0 Å². The average molecular weight is 302 g/mol. The number of nitrogens with zero attached hydrogens (tertiary/aromatic N) is 1. The van der Waals surface area contributed by atoms with Crippen molar-refractivity contribution in [2.24, 2.45) is 0 Å². The van der Waals surface area contributed by atoms with Crippen molar-refractivity contribution in [1.29, 1.82) is 0 Å². The summed E-state index contributed by atoms with van der Waals surface area (Å²) in [7, 11) is 0. The summed E-state index contributed by atoms with van der Waals surface area (Å²) in [5.74, 6) is 0.206. The summed E-state index contributed by atoms with van der Waals surface area (Å²) in [6, 6.07) is 6.35. The van der Waals surface area contributed by atoms with Crippen molar-refractivity contribution in [1.82, 2.24) is 4.90 Å². The average Bonchev–Trinajstić information content (AvgIpc) is 2.51. The number of rotatable bonds is 5. The molecule has 0 aliphatic heterocycles. The molecule has 1 atom stereocenters. The van der Waals surface area contributed by atoms with Crippen LogP contribution < -0.4 is 5.32 Å². The van der Waals surface area contributed by atoms with Crippen molar-refractivity contribution in [2.75, 3.05) is 11.9 Å². The number of amides is 2. The van der Waals surface area contributed by atoms with Gasteiger partial charge in [0.25, 0.3) is 0 Å². The normalized spacial score (nSPS) is 16.8. The third kappa shape index (κ3) is 3.67. The quantitative estimate of drug-likeness (QED) is 0.908. The number of fused-ring (bicyclic) bond motifs is 1. The fourth-order valence-corrected chi connectivity index (χ4v) is 3.32. The van der Waals surface area contributed by atoms with E-state index in [-0.39, 0.29) is 17.9 Å². The van der Waals surface area contributed by atoms with Crippen molar-refractivity contribution < 1.29 is 9.59 Å². The number of hydrogen-bond donors (Lipinski definition) is 1. The van der Waals surface area contributed by atoms with Gasteiger partial charge in [-0.15, -0.1) is 0 Å². The van der Waals surface area contributed by atoms with Gasteiger partial charge in [0.05, 0.1) is 0 Å². The molecule has 2 amide bonds. The standard InChI is InChI=1S/C18H26N2O2/c1-4-11-20(18(22)5-2)15-9-10-16-14(12-15)7-6-8-17(16)19-13(3)21/h6-8,15H,4-5,9-12H2,1-3H3,(H,19,21). The summed E-state index contributed by atoms with van der Waals surface area (Å²) in [4.78, 5) is 25.6. The molecule has 0 aromatic heterocycles. The van der Waals surface area contributed by atoms with Crippen LogP contribution in [-0.4, -0.2) is 29.3 Å². The van der Waals surface area contributed by atoms with E-state index in [0.29, 0.717) is 6.42 Å². The summed E-state index contributed by atoms with van der Waals surface area (Å²) in [6.07, 6.45) is 4.31. The Morgan fingerprint density at radius 2 is 2.09 bits per heavy atom. The summed E-state index contributed by atoms with van der Waals surface area (Å²) in [5.41, 5.74) is 3.41.